The minimum atomic E-state index is 0.572. The highest BCUT2D eigenvalue weighted by atomic mass is 32.2. The summed E-state index contributed by atoms with van der Waals surface area (Å²) in [5.41, 5.74) is 1.41. The van der Waals surface area contributed by atoms with Gasteiger partial charge in [0.2, 0.25) is 0 Å². The molecule has 0 radical (unpaired) electrons. The number of thioether (sulfide) groups is 1. The van der Waals surface area contributed by atoms with Gasteiger partial charge in [-0.25, -0.2) is 0 Å². The molecule has 19 heavy (non-hydrogen) atoms. The van der Waals surface area contributed by atoms with Crippen LogP contribution in [0, 0.1) is 0 Å². The maximum atomic E-state index is 3.53. The quantitative estimate of drug-likeness (QED) is 0.599. The second-order valence-corrected chi connectivity index (χ2v) is 5.85. The van der Waals surface area contributed by atoms with Crippen molar-refractivity contribution in [1.82, 2.24) is 5.32 Å². The van der Waals surface area contributed by atoms with Crippen LogP contribution in [-0.2, 0) is 0 Å². The van der Waals surface area contributed by atoms with Crippen LogP contribution in [0.1, 0.15) is 18.4 Å². The zero-order valence-electron chi connectivity index (χ0n) is 11.4. The van der Waals surface area contributed by atoms with Crippen molar-refractivity contribution >= 4 is 11.8 Å². The van der Waals surface area contributed by atoms with Crippen LogP contribution in [0.25, 0.3) is 0 Å². The lowest BCUT2D eigenvalue weighted by molar-refractivity contribution is 0.638. The van der Waals surface area contributed by atoms with Gasteiger partial charge >= 0.3 is 0 Å². The van der Waals surface area contributed by atoms with E-state index in [1.807, 2.05) is 11.8 Å². The van der Waals surface area contributed by atoms with Gasteiger partial charge in [-0.2, -0.15) is 0 Å². The summed E-state index contributed by atoms with van der Waals surface area (Å²) in [6.07, 6.45) is 0. The van der Waals surface area contributed by atoms with Crippen molar-refractivity contribution in [2.45, 2.75) is 17.7 Å². The van der Waals surface area contributed by atoms with E-state index in [0.717, 1.165) is 18.8 Å². The molecule has 2 aromatic carbocycles. The fourth-order valence-electron chi connectivity index (χ4n) is 1.98. The third kappa shape index (κ3) is 5.09. The van der Waals surface area contributed by atoms with Crippen molar-refractivity contribution in [3.05, 3.63) is 66.2 Å². The lowest BCUT2D eigenvalue weighted by Crippen LogP contribution is -2.22. The summed E-state index contributed by atoms with van der Waals surface area (Å²) in [5, 5.41) is 3.53. The number of hydrogen-bond acceptors (Lipinski definition) is 2. The van der Waals surface area contributed by atoms with Crippen molar-refractivity contribution in [2.24, 2.45) is 0 Å². The number of nitrogens with one attached hydrogen (secondary N) is 1. The van der Waals surface area contributed by atoms with Gasteiger partial charge in [0, 0.05) is 23.7 Å². The predicted octanol–water partition coefficient (Wildman–Crippen LogP) is 4.17. The topological polar surface area (TPSA) is 12.0 Å². The molecule has 0 aliphatic heterocycles. The molecule has 2 heteroatoms. The van der Waals surface area contributed by atoms with Crippen LogP contribution in [0.5, 0.6) is 0 Å². The van der Waals surface area contributed by atoms with Gasteiger partial charge in [-0.05, 0) is 23.6 Å². The van der Waals surface area contributed by atoms with Gasteiger partial charge in [-0.1, -0.05) is 55.5 Å². The Morgan fingerprint density at radius 2 is 1.58 bits per heavy atom. The predicted molar refractivity (Wildman–Crippen MR) is 84.9 cm³/mol. The molecule has 0 bridgehead atoms. The van der Waals surface area contributed by atoms with Crippen LogP contribution in [-0.4, -0.2) is 18.8 Å². The summed E-state index contributed by atoms with van der Waals surface area (Å²) in [4.78, 5) is 1.35. The second-order valence-electron chi connectivity index (χ2n) is 4.68. The number of hydrogen-bond donors (Lipinski definition) is 1. The first-order valence-electron chi connectivity index (χ1n) is 6.80. The first-order chi connectivity index (χ1) is 9.36. The molecular weight excluding hydrogens is 250 g/mol. The van der Waals surface area contributed by atoms with Crippen LogP contribution in [0.4, 0.5) is 0 Å². The molecule has 1 atom stereocenters. The molecule has 0 saturated heterocycles. The Hall–Kier alpha value is -1.25. The molecule has 1 unspecified atom stereocenters. The zero-order valence-corrected chi connectivity index (χ0v) is 12.2. The molecule has 0 aliphatic rings. The van der Waals surface area contributed by atoms with Crippen LogP contribution in [0.15, 0.2) is 65.6 Å². The maximum Gasteiger partial charge on any atom is 0.0106 e. The fourth-order valence-corrected chi connectivity index (χ4v) is 2.81. The number of benzene rings is 2. The molecule has 100 valence electrons. The molecule has 1 nitrogen and oxygen atoms in total. The SMILES string of the molecule is CC(CNCCSc1ccccc1)c1ccccc1. The van der Waals surface area contributed by atoms with Gasteiger partial charge in [-0.3, -0.25) is 0 Å². The minimum absolute atomic E-state index is 0.572. The van der Waals surface area contributed by atoms with E-state index in [4.69, 9.17) is 0 Å². The molecule has 0 amide bonds. The van der Waals surface area contributed by atoms with E-state index < -0.39 is 0 Å². The largest absolute Gasteiger partial charge is 0.315 e. The third-order valence-electron chi connectivity index (χ3n) is 3.11. The average Bonchev–Trinajstić information content (AvgIpc) is 2.49. The molecule has 0 heterocycles. The van der Waals surface area contributed by atoms with Crippen molar-refractivity contribution < 1.29 is 0 Å². The highest BCUT2D eigenvalue weighted by molar-refractivity contribution is 7.99. The Morgan fingerprint density at radius 3 is 2.26 bits per heavy atom. The molecule has 0 aliphatic carbocycles. The number of rotatable bonds is 7. The Morgan fingerprint density at radius 1 is 0.947 bits per heavy atom. The van der Waals surface area contributed by atoms with Gasteiger partial charge in [0.1, 0.15) is 0 Å². The summed E-state index contributed by atoms with van der Waals surface area (Å²) < 4.78 is 0. The van der Waals surface area contributed by atoms with E-state index in [1.165, 1.54) is 10.5 Å². The molecule has 0 fully saturated rings. The Bertz CT molecular complexity index is 455. The first kappa shape index (κ1) is 14.2. The Labute approximate surface area is 120 Å². The Balaban J connectivity index is 1.62. The third-order valence-corrected chi connectivity index (χ3v) is 4.12. The van der Waals surface area contributed by atoms with Crippen molar-refractivity contribution in [1.29, 1.82) is 0 Å². The van der Waals surface area contributed by atoms with Crippen molar-refractivity contribution in [3.63, 3.8) is 0 Å². The normalized spacial score (nSPS) is 12.3. The van der Waals surface area contributed by atoms with Crippen LogP contribution < -0.4 is 5.32 Å². The van der Waals surface area contributed by atoms with Gasteiger partial charge in [-0.15, -0.1) is 11.8 Å². The summed E-state index contributed by atoms with van der Waals surface area (Å²) >= 11 is 1.91. The summed E-state index contributed by atoms with van der Waals surface area (Å²) in [7, 11) is 0. The molecule has 1 N–H and O–H groups in total. The van der Waals surface area contributed by atoms with Crippen LogP contribution >= 0.6 is 11.8 Å². The standard InChI is InChI=1S/C17H21NS/c1-15(16-8-4-2-5-9-16)14-18-12-13-19-17-10-6-3-7-11-17/h2-11,15,18H,12-14H2,1H3. The van der Waals surface area contributed by atoms with E-state index in [1.54, 1.807) is 0 Å². The lowest BCUT2D eigenvalue weighted by Gasteiger charge is -2.12. The summed E-state index contributed by atoms with van der Waals surface area (Å²) in [6, 6.07) is 21.3. The highest BCUT2D eigenvalue weighted by Gasteiger charge is 2.03. The smallest absolute Gasteiger partial charge is 0.0106 e. The van der Waals surface area contributed by atoms with Crippen molar-refractivity contribution in [2.75, 3.05) is 18.8 Å². The molecular formula is C17H21NS. The molecule has 0 spiro atoms. The van der Waals surface area contributed by atoms with Gasteiger partial charge in [0.25, 0.3) is 0 Å². The maximum absolute atomic E-state index is 3.53. The lowest BCUT2D eigenvalue weighted by atomic mass is 10.0. The molecule has 0 saturated carbocycles. The molecule has 2 rings (SSSR count). The van der Waals surface area contributed by atoms with Gasteiger partial charge < -0.3 is 5.32 Å². The Kier molecular flexibility index (Phi) is 5.99. The van der Waals surface area contributed by atoms with E-state index in [9.17, 15) is 0 Å². The van der Waals surface area contributed by atoms with Crippen LogP contribution in [0.2, 0.25) is 0 Å². The summed E-state index contributed by atoms with van der Waals surface area (Å²) in [6.45, 7) is 4.36. The van der Waals surface area contributed by atoms with Crippen LogP contribution in [0.3, 0.4) is 0 Å². The van der Waals surface area contributed by atoms with Crippen molar-refractivity contribution in [3.8, 4) is 0 Å². The summed E-state index contributed by atoms with van der Waals surface area (Å²) in [5.74, 6) is 1.69. The fraction of sp³-hybridized carbons (Fsp3) is 0.294. The van der Waals surface area contributed by atoms with Gasteiger partial charge in [0.05, 0.1) is 0 Å². The molecule has 2 aromatic rings. The van der Waals surface area contributed by atoms with E-state index in [0.29, 0.717) is 5.92 Å². The zero-order chi connectivity index (χ0) is 13.3. The first-order valence-corrected chi connectivity index (χ1v) is 7.78. The van der Waals surface area contributed by atoms with Gasteiger partial charge in [0.15, 0.2) is 0 Å². The highest BCUT2D eigenvalue weighted by Crippen LogP contribution is 2.16. The van der Waals surface area contributed by atoms with E-state index in [-0.39, 0.29) is 0 Å². The molecule has 0 aromatic heterocycles. The van der Waals surface area contributed by atoms with E-state index >= 15 is 0 Å². The second kappa shape index (κ2) is 8.03. The monoisotopic (exact) mass is 271 g/mol. The average molecular weight is 271 g/mol. The minimum Gasteiger partial charge on any atom is -0.315 e. The van der Waals surface area contributed by atoms with E-state index in [2.05, 4.69) is 72.9 Å².